The second-order valence-electron chi connectivity index (χ2n) is 5.47. The highest BCUT2D eigenvalue weighted by Gasteiger charge is 2.46. The predicted octanol–water partition coefficient (Wildman–Crippen LogP) is 4.30. The summed E-state index contributed by atoms with van der Waals surface area (Å²) in [6.45, 7) is 0. The van der Waals surface area contributed by atoms with E-state index in [9.17, 15) is 18.0 Å². The molecule has 2 unspecified atom stereocenters. The zero-order valence-electron chi connectivity index (χ0n) is 12.9. The number of carbonyl (C=O) groups excluding carboxylic acids is 1. The van der Waals surface area contributed by atoms with Crippen LogP contribution in [0.5, 0.6) is 0 Å². The zero-order valence-corrected chi connectivity index (χ0v) is 13.7. The van der Waals surface area contributed by atoms with Crippen molar-refractivity contribution in [1.29, 1.82) is 0 Å². The van der Waals surface area contributed by atoms with Crippen LogP contribution in [0.4, 0.5) is 13.2 Å². The van der Waals surface area contributed by atoms with Crippen LogP contribution < -0.4 is 5.73 Å². The number of alkyl halides is 3. The third-order valence-corrected chi connectivity index (χ3v) is 4.87. The first kappa shape index (κ1) is 18.4. The number of nitrogens with two attached hydrogens (primary N) is 1. The first-order valence-corrected chi connectivity index (χ1v) is 8.44. The largest absolute Gasteiger partial charge is 0.393 e. The van der Waals surface area contributed by atoms with Gasteiger partial charge < -0.3 is 5.73 Å². The Bertz CT molecular complexity index is 646. The van der Waals surface area contributed by atoms with Crippen LogP contribution in [0.2, 0.25) is 0 Å². The number of halogens is 3. The molecule has 0 fully saturated rings. The van der Waals surface area contributed by atoms with E-state index >= 15 is 0 Å². The highest BCUT2D eigenvalue weighted by molar-refractivity contribution is 7.99. The number of rotatable bonds is 7. The molecule has 0 saturated heterocycles. The van der Waals surface area contributed by atoms with Crippen molar-refractivity contribution in [2.24, 2.45) is 17.6 Å². The molecule has 2 atom stereocenters. The van der Waals surface area contributed by atoms with Crippen molar-refractivity contribution in [1.82, 2.24) is 0 Å². The van der Waals surface area contributed by atoms with Gasteiger partial charge in [0.1, 0.15) is 0 Å². The molecule has 0 radical (unpaired) electrons. The molecule has 2 rings (SSSR count). The lowest BCUT2D eigenvalue weighted by Crippen LogP contribution is -2.41. The molecule has 0 aliphatic rings. The van der Waals surface area contributed by atoms with Crippen molar-refractivity contribution in [3.63, 3.8) is 0 Å². The quantitative estimate of drug-likeness (QED) is 0.754. The molecule has 128 valence electrons. The van der Waals surface area contributed by atoms with E-state index in [0.717, 1.165) is 16.7 Å². The summed E-state index contributed by atoms with van der Waals surface area (Å²) in [6.07, 6.45) is -4.51. The minimum absolute atomic E-state index is 0.0182. The van der Waals surface area contributed by atoms with Gasteiger partial charge in [-0.2, -0.15) is 13.2 Å². The van der Waals surface area contributed by atoms with Gasteiger partial charge in [0.15, 0.2) is 0 Å². The minimum Gasteiger partial charge on any atom is -0.369 e. The van der Waals surface area contributed by atoms with Gasteiger partial charge in [0.2, 0.25) is 5.91 Å². The Labute approximate surface area is 143 Å². The smallest absolute Gasteiger partial charge is 0.369 e. The van der Waals surface area contributed by atoms with Crippen molar-refractivity contribution in [2.75, 3.05) is 5.75 Å². The molecule has 24 heavy (non-hydrogen) atoms. The number of thioether (sulfide) groups is 1. The first-order valence-electron chi connectivity index (χ1n) is 7.45. The molecule has 0 aliphatic heterocycles. The molecule has 2 aromatic carbocycles. The van der Waals surface area contributed by atoms with Crippen molar-refractivity contribution in [3.8, 4) is 0 Å². The highest BCUT2D eigenvalue weighted by Crippen LogP contribution is 2.37. The van der Waals surface area contributed by atoms with Gasteiger partial charge in [-0.15, -0.1) is 11.8 Å². The summed E-state index contributed by atoms with van der Waals surface area (Å²) in [5, 5.41) is 0. The molecule has 0 aliphatic carbocycles. The van der Waals surface area contributed by atoms with Gasteiger partial charge in [-0.25, -0.2) is 0 Å². The van der Waals surface area contributed by atoms with Gasteiger partial charge in [-0.1, -0.05) is 48.5 Å². The number of benzene rings is 2. The third kappa shape index (κ3) is 5.30. The number of carbonyl (C=O) groups is 1. The van der Waals surface area contributed by atoms with E-state index < -0.39 is 23.9 Å². The van der Waals surface area contributed by atoms with Crippen molar-refractivity contribution in [3.05, 3.63) is 66.2 Å². The zero-order chi connectivity index (χ0) is 17.6. The molecule has 0 heterocycles. The lowest BCUT2D eigenvalue weighted by Gasteiger charge is -2.27. The number of hydrogen-bond donors (Lipinski definition) is 1. The topological polar surface area (TPSA) is 43.1 Å². The molecule has 2 nitrogen and oxygen atoms in total. The Morgan fingerprint density at radius 1 is 1.00 bits per heavy atom. The van der Waals surface area contributed by atoms with Gasteiger partial charge in [-0.3, -0.25) is 4.79 Å². The lowest BCUT2D eigenvalue weighted by atomic mass is 9.87. The summed E-state index contributed by atoms with van der Waals surface area (Å²) < 4.78 is 40.5. The maximum absolute atomic E-state index is 13.5. The molecule has 1 amide bonds. The van der Waals surface area contributed by atoms with Crippen molar-refractivity contribution >= 4 is 17.7 Å². The predicted molar refractivity (Wildman–Crippen MR) is 89.5 cm³/mol. The molecule has 0 saturated carbocycles. The molecule has 6 heteroatoms. The van der Waals surface area contributed by atoms with Crippen LogP contribution in [0.1, 0.15) is 5.56 Å². The van der Waals surface area contributed by atoms with Gasteiger partial charge in [0, 0.05) is 10.6 Å². The first-order chi connectivity index (χ1) is 11.4. The Balaban J connectivity index is 2.18. The van der Waals surface area contributed by atoms with Crippen molar-refractivity contribution < 1.29 is 18.0 Å². The number of primary amides is 1. The summed E-state index contributed by atoms with van der Waals surface area (Å²) >= 11 is 1.08. The average Bonchev–Trinajstić information content (AvgIpc) is 2.54. The highest BCUT2D eigenvalue weighted by atomic mass is 32.2. The second kappa shape index (κ2) is 8.24. The number of hydrogen-bond acceptors (Lipinski definition) is 2. The van der Waals surface area contributed by atoms with Crippen LogP contribution in [0.3, 0.4) is 0 Å². The van der Waals surface area contributed by atoms with E-state index in [0.29, 0.717) is 5.56 Å². The monoisotopic (exact) mass is 353 g/mol. The van der Waals surface area contributed by atoms with Gasteiger partial charge in [0.25, 0.3) is 0 Å². The standard InChI is InChI=1S/C18H18F3NOS/c19-18(20,21)16(12-24-14-9-5-2-6-10-14)15(17(22)23)11-13-7-3-1-4-8-13/h1-10,15-16H,11-12H2,(H2,22,23). The SMILES string of the molecule is NC(=O)C(Cc1ccccc1)C(CSc1ccccc1)C(F)(F)F. The van der Waals surface area contributed by atoms with E-state index in [1.165, 1.54) is 0 Å². The Hall–Kier alpha value is -1.95. The fourth-order valence-corrected chi connectivity index (χ4v) is 3.59. The lowest BCUT2D eigenvalue weighted by molar-refractivity contribution is -0.184. The molecular weight excluding hydrogens is 335 g/mol. The third-order valence-electron chi connectivity index (χ3n) is 3.74. The van der Waals surface area contributed by atoms with Crippen LogP contribution in [-0.4, -0.2) is 17.8 Å². The fourth-order valence-electron chi connectivity index (χ4n) is 2.45. The van der Waals surface area contributed by atoms with Gasteiger partial charge in [0.05, 0.1) is 11.8 Å². The normalized spacial score (nSPS) is 14.1. The maximum atomic E-state index is 13.5. The summed E-state index contributed by atoms with van der Waals surface area (Å²) in [5.41, 5.74) is 5.97. The average molecular weight is 353 g/mol. The van der Waals surface area contributed by atoms with Crippen LogP contribution in [0.25, 0.3) is 0 Å². The van der Waals surface area contributed by atoms with Crippen LogP contribution >= 0.6 is 11.8 Å². The van der Waals surface area contributed by atoms with Crippen molar-refractivity contribution in [2.45, 2.75) is 17.5 Å². The minimum atomic E-state index is -4.49. The van der Waals surface area contributed by atoms with E-state index in [1.54, 1.807) is 60.7 Å². The summed E-state index contributed by atoms with van der Waals surface area (Å²) in [5.74, 6) is -4.24. The number of amides is 1. The Morgan fingerprint density at radius 3 is 2.04 bits per heavy atom. The molecule has 0 aromatic heterocycles. The molecule has 0 bridgehead atoms. The van der Waals surface area contributed by atoms with E-state index in [1.807, 2.05) is 0 Å². The van der Waals surface area contributed by atoms with Gasteiger partial charge >= 0.3 is 6.18 Å². The second-order valence-corrected chi connectivity index (χ2v) is 6.56. The van der Waals surface area contributed by atoms with Gasteiger partial charge in [-0.05, 0) is 24.1 Å². The Kier molecular flexibility index (Phi) is 6.31. The summed E-state index contributed by atoms with van der Waals surface area (Å²) in [7, 11) is 0. The molecule has 2 aromatic rings. The maximum Gasteiger partial charge on any atom is 0.393 e. The molecule has 2 N–H and O–H groups in total. The fraction of sp³-hybridized carbons (Fsp3) is 0.278. The molecule has 0 spiro atoms. The van der Waals surface area contributed by atoms with Crippen LogP contribution in [0, 0.1) is 11.8 Å². The van der Waals surface area contributed by atoms with E-state index in [-0.39, 0.29) is 12.2 Å². The van der Waals surface area contributed by atoms with E-state index in [4.69, 9.17) is 5.73 Å². The van der Waals surface area contributed by atoms with Crippen LogP contribution in [0.15, 0.2) is 65.6 Å². The van der Waals surface area contributed by atoms with Crippen LogP contribution in [-0.2, 0) is 11.2 Å². The Morgan fingerprint density at radius 2 is 1.54 bits per heavy atom. The summed E-state index contributed by atoms with van der Waals surface area (Å²) in [4.78, 5) is 12.4. The molecular formula is C18H18F3NOS. The summed E-state index contributed by atoms with van der Waals surface area (Å²) in [6, 6.07) is 17.5. The van der Waals surface area contributed by atoms with E-state index in [2.05, 4.69) is 0 Å².